The highest BCUT2D eigenvalue weighted by atomic mass is 35.5. The smallest absolute Gasteiger partial charge is 0.129 e. The molecule has 0 saturated heterocycles. The van der Waals surface area contributed by atoms with Crippen LogP contribution in [0.1, 0.15) is 5.56 Å². The molecule has 0 atom stereocenters. The summed E-state index contributed by atoms with van der Waals surface area (Å²) in [5.41, 5.74) is 0.676. The molecule has 0 aliphatic carbocycles. The fourth-order valence-electron chi connectivity index (χ4n) is 0.532. The summed E-state index contributed by atoms with van der Waals surface area (Å²) in [6, 6.07) is 3.22. The predicted molar refractivity (Wildman–Crippen MR) is 33.6 cm³/mol. The molecule has 0 fully saturated rings. The van der Waals surface area contributed by atoms with Gasteiger partial charge in [-0.1, -0.05) is 11.6 Å². The van der Waals surface area contributed by atoms with E-state index in [0.717, 1.165) is 0 Å². The van der Waals surface area contributed by atoms with E-state index in [9.17, 15) is 5.11 Å². The molecular weight excluding hydrogens is 138 g/mol. The van der Waals surface area contributed by atoms with Crippen LogP contribution in [0.3, 0.4) is 0 Å². The molecule has 0 spiro atoms. The number of hydrogen-bond donors (Lipinski definition) is 0. The Labute approximate surface area is 58.1 Å². The van der Waals surface area contributed by atoms with Gasteiger partial charge in [0.15, 0.2) is 0 Å². The first-order valence-corrected chi connectivity index (χ1v) is 2.89. The molecule has 1 heterocycles. The van der Waals surface area contributed by atoms with Crippen LogP contribution in [0.5, 0.6) is 0 Å². The molecule has 2 nitrogen and oxygen atoms in total. The molecule has 1 aromatic rings. The highest BCUT2D eigenvalue weighted by Gasteiger charge is 1.90. The highest BCUT2D eigenvalue weighted by Crippen LogP contribution is 2.05. The summed E-state index contributed by atoms with van der Waals surface area (Å²) in [4.78, 5) is 3.71. The second-order valence-electron chi connectivity index (χ2n) is 1.63. The van der Waals surface area contributed by atoms with Crippen molar-refractivity contribution >= 4 is 11.6 Å². The van der Waals surface area contributed by atoms with Crippen LogP contribution in [0.15, 0.2) is 18.3 Å². The number of rotatable bonds is 1. The van der Waals surface area contributed by atoms with Gasteiger partial charge in [-0.2, -0.15) is 0 Å². The van der Waals surface area contributed by atoms with E-state index in [2.05, 4.69) is 4.98 Å². The largest absolute Gasteiger partial charge is 0.245 e. The van der Waals surface area contributed by atoms with Gasteiger partial charge in [-0.15, -0.1) is 0 Å². The molecule has 0 amide bonds. The van der Waals surface area contributed by atoms with Crippen molar-refractivity contribution in [2.24, 2.45) is 0 Å². The molecule has 9 heavy (non-hydrogen) atoms. The summed E-state index contributed by atoms with van der Waals surface area (Å²) < 4.78 is 0. The number of pyridine rings is 1. The molecule has 0 saturated carbocycles. The summed E-state index contributed by atoms with van der Waals surface area (Å²) in [7, 11) is 0. The van der Waals surface area contributed by atoms with Gasteiger partial charge < -0.3 is 0 Å². The minimum atomic E-state index is -0.234. The van der Waals surface area contributed by atoms with Crippen molar-refractivity contribution in [3.8, 4) is 0 Å². The van der Waals surface area contributed by atoms with E-state index in [1.165, 1.54) is 6.20 Å². The summed E-state index contributed by atoms with van der Waals surface area (Å²) in [6.07, 6.45) is 1.52. The zero-order valence-corrected chi connectivity index (χ0v) is 5.43. The van der Waals surface area contributed by atoms with Crippen molar-refractivity contribution in [3.63, 3.8) is 0 Å². The van der Waals surface area contributed by atoms with E-state index < -0.39 is 0 Å². The van der Waals surface area contributed by atoms with Crippen molar-refractivity contribution in [3.05, 3.63) is 29.0 Å². The molecule has 0 aliphatic rings. The first-order chi connectivity index (χ1) is 4.33. The molecule has 0 bridgehead atoms. The van der Waals surface area contributed by atoms with Gasteiger partial charge in [0.2, 0.25) is 0 Å². The summed E-state index contributed by atoms with van der Waals surface area (Å²) >= 11 is 5.47. The second kappa shape index (κ2) is 2.80. The zero-order chi connectivity index (χ0) is 6.69. The van der Waals surface area contributed by atoms with Crippen LogP contribution in [0, 0.1) is 0 Å². The van der Waals surface area contributed by atoms with E-state index >= 15 is 0 Å². The van der Waals surface area contributed by atoms with Crippen molar-refractivity contribution in [2.75, 3.05) is 0 Å². The van der Waals surface area contributed by atoms with Gasteiger partial charge in [-0.05, 0) is 17.7 Å². The Morgan fingerprint density at radius 3 is 2.89 bits per heavy atom. The molecule has 3 heteroatoms. The average Bonchev–Trinajstić information content (AvgIpc) is 1.88. The fourth-order valence-corrected chi connectivity index (χ4v) is 0.729. The van der Waals surface area contributed by atoms with Gasteiger partial charge in [-0.25, -0.2) is 10.1 Å². The third-order valence-corrected chi connectivity index (χ3v) is 1.16. The van der Waals surface area contributed by atoms with E-state index in [4.69, 9.17) is 11.6 Å². The Balaban J connectivity index is 2.94. The van der Waals surface area contributed by atoms with Gasteiger partial charge in [-0.3, -0.25) is 0 Å². The number of hydrogen-bond acceptors (Lipinski definition) is 1. The Hall–Kier alpha value is -0.600. The highest BCUT2D eigenvalue weighted by molar-refractivity contribution is 6.29. The third-order valence-electron chi connectivity index (χ3n) is 0.958. The molecule has 0 aromatic carbocycles. The Morgan fingerprint density at radius 2 is 2.44 bits per heavy atom. The number of halogens is 1. The monoisotopic (exact) mass is 142 g/mol. The van der Waals surface area contributed by atoms with Crippen LogP contribution in [0.4, 0.5) is 0 Å². The Bertz CT molecular complexity index is 202. The lowest BCUT2D eigenvalue weighted by atomic mass is 10.3. The Morgan fingerprint density at radius 1 is 1.67 bits per heavy atom. The van der Waals surface area contributed by atoms with Gasteiger partial charge in [0, 0.05) is 6.20 Å². The lowest BCUT2D eigenvalue weighted by Crippen LogP contribution is -1.81. The minimum Gasteiger partial charge on any atom is -0.245 e. The van der Waals surface area contributed by atoms with Crippen molar-refractivity contribution in [2.45, 2.75) is 6.61 Å². The molecular formula is C6H5ClNO. The van der Waals surface area contributed by atoms with Crippen LogP contribution in [0.25, 0.3) is 0 Å². The first kappa shape index (κ1) is 6.52. The fraction of sp³-hybridized carbons (Fsp3) is 0.167. The van der Waals surface area contributed by atoms with Crippen LogP contribution >= 0.6 is 11.6 Å². The Kier molecular flexibility index (Phi) is 2.03. The van der Waals surface area contributed by atoms with Gasteiger partial charge in [0.25, 0.3) is 0 Å². The van der Waals surface area contributed by atoms with Gasteiger partial charge in [0.05, 0.1) is 0 Å². The maximum atomic E-state index is 10.2. The zero-order valence-electron chi connectivity index (χ0n) is 4.67. The standard InChI is InChI=1S/C6H5ClNO/c7-6-3-5(4-9)1-2-8-6/h1-3H,4H2. The van der Waals surface area contributed by atoms with Crippen molar-refractivity contribution in [1.82, 2.24) is 4.98 Å². The second-order valence-corrected chi connectivity index (χ2v) is 2.02. The van der Waals surface area contributed by atoms with Gasteiger partial charge >= 0.3 is 0 Å². The summed E-state index contributed by atoms with van der Waals surface area (Å²) in [5.74, 6) is 0. The SMILES string of the molecule is [O]Cc1ccnc(Cl)c1. The van der Waals surface area contributed by atoms with E-state index in [1.807, 2.05) is 0 Å². The third kappa shape index (κ3) is 1.66. The van der Waals surface area contributed by atoms with E-state index in [1.54, 1.807) is 12.1 Å². The number of nitrogens with zero attached hydrogens (tertiary/aromatic N) is 1. The van der Waals surface area contributed by atoms with E-state index in [-0.39, 0.29) is 6.61 Å². The molecule has 0 aliphatic heterocycles. The van der Waals surface area contributed by atoms with Crippen LogP contribution in [-0.4, -0.2) is 4.98 Å². The minimum absolute atomic E-state index is 0.234. The topological polar surface area (TPSA) is 32.8 Å². The molecule has 0 unspecified atom stereocenters. The maximum absolute atomic E-state index is 10.2. The maximum Gasteiger partial charge on any atom is 0.129 e. The average molecular weight is 143 g/mol. The van der Waals surface area contributed by atoms with Crippen LogP contribution in [-0.2, 0) is 11.7 Å². The molecule has 0 N–H and O–H groups in total. The lowest BCUT2D eigenvalue weighted by Gasteiger charge is -1.91. The molecule has 1 aromatic heterocycles. The number of aromatic nitrogens is 1. The quantitative estimate of drug-likeness (QED) is 0.549. The molecule has 1 rings (SSSR count). The van der Waals surface area contributed by atoms with Crippen LogP contribution < -0.4 is 0 Å². The normalized spacial score (nSPS) is 9.56. The van der Waals surface area contributed by atoms with Crippen molar-refractivity contribution < 1.29 is 5.11 Å². The lowest BCUT2D eigenvalue weighted by molar-refractivity contribution is 0.177. The summed E-state index contributed by atoms with van der Waals surface area (Å²) in [6.45, 7) is -0.234. The molecule has 47 valence electrons. The first-order valence-electron chi connectivity index (χ1n) is 2.51. The van der Waals surface area contributed by atoms with Crippen LogP contribution in [0.2, 0.25) is 5.15 Å². The summed E-state index contributed by atoms with van der Waals surface area (Å²) in [5, 5.41) is 10.6. The van der Waals surface area contributed by atoms with E-state index in [0.29, 0.717) is 10.7 Å². The van der Waals surface area contributed by atoms with Gasteiger partial charge in [0.1, 0.15) is 11.8 Å². The molecule has 1 radical (unpaired) electrons. The van der Waals surface area contributed by atoms with Crippen molar-refractivity contribution in [1.29, 1.82) is 0 Å². The predicted octanol–water partition coefficient (Wildman–Crippen LogP) is 1.67.